The summed E-state index contributed by atoms with van der Waals surface area (Å²) in [6.45, 7) is 5.55. The fraction of sp³-hybridized carbons (Fsp3) is 0.900. The van der Waals surface area contributed by atoms with Gasteiger partial charge in [-0.25, -0.2) is 0 Å². The number of hydrogen-bond acceptors (Lipinski definition) is 5. The van der Waals surface area contributed by atoms with Crippen LogP contribution in [0.2, 0.25) is 0 Å². The highest BCUT2D eigenvalue weighted by Gasteiger charge is 2.23. The molecule has 5 nitrogen and oxygen atoms in total. The Morgan fingerprint density at radius 1 is 1.53 bits per heavy atom. The minimum Gasteiger partial charge on any atom is -0.465 e. The number of carbonyl (C=O) groups excluding carboxylic acids is 1. The first-order valence-corrected chi connectivity index (χ1v) is 5.30. The Labute approximate surface area is 90.6 Å². The molecule has 0 aliphatic carbocycles. The minimum absolute atomic E-state index is 0.181. The van der Waals surface area contributed by atoms with Crippen LogP contribution in [-0.4, -0.2) is 73.4 Å². The zero-order chi connectivity index (χ0) is 11.3. The third-order valence-electron chi connectivity index (χ3n) is 2.78. The van der Waals surface area contributed by atoms with Crippen LogP contribution in [0.15, 0.2) is 0 Å². The molecule has 0 amide bonds. The van der Waals surface area contributed by atoms with Gasteiger partial charge in [0.15, 0.2) is 0 Å². The second-order valence-corrected chi connectivity index (χ2v) is 3.96. The van der Waals surface area contributed by atoms with Gasteiger partial charge in [0.25, 0.3) is 0 Å². The third-order valence-corrected chi connectivity index (χ3v) is 2.78. The summed E-state index contributed by atoms with van der Waals surface area (Å²) in [5.41, 5.74) is 0. The number of likely N-dealkylation sites (N-methyl/N-ethyl adjacent to an activating group) is 1. The van der Waals surface area contributed by atoms with E-state index in [4.69, 9.17) is 9.84 Å². The molecule has 1 aliphatic heterocycles. The molecule has 1 saturated heterocycles. The predicted molar refractivity (Wildman–Crippen MR) is 56.6 cm³/mol. The highest BCUT2D eigenvalue weighted by Crippen LogP contribution is 2.06. The van der Waals surface area contributed by atoms with Crippen molar-refractivity contribution in [2.45, 2.75) is 13.0 Å². The van der Waals surface area contributed by atoms with Gasteiger partial charge in [0.1, 0.15) is 6.61 Å². The van der Waals surface area contributed by atoms with Crippen LogP contribution in [0.5, 0.6) is 0 Å². The summed E-state index contributed by atoms with van der Waals surface area (Å²) in [5, 5.41) is 9.14. The van der Waals surface area contributed by atoms with Gasteiger partial charge in [-0.15, -0.1) is 0 Å². The van der Waals surface area contributed by atoms with Crippen LogP contribution in [0.1, 0.15) is 6.92 Å². The number of nitrogens with zero attached hydrogens (tertiary/aromatic N) is 2. The summed E-state index contributed by atoms with van der Waals surface area (Å²) in [5.74, 6) is -0.233. The van der Waals surface area contributed by atoms with Gasteiger partial charge in [-0.1, -0.05) is 0 Å². The lowest BCUT2D eigenvalue weighted by atomic mass is 10.2. The van der Waals surface area contributed by atoms with Gasteiger partial charge in [-0.2, -0.15) is 0 Å². The monoisotopic (exact) mass is 216 g/mol. The van der Waals surface area contributed by atoms with Crippen molar-refractivity contribution in [2.75, 3.05) is 46.4 Å². The molecule has 1 unspecified atom stereocenters. The summed E-state index contributed by atoms with van der Waals surface area (Å²) in [4.78, 5) is 14.9. The van der Waals surface area contributed by atoms with Crippen LogP contribution in [0.4, 0.5) is 0 Å². The Morgan fingerprint density at radius 2 is 2.27 bits per heavy atom. The topological polar surface area (TPSA) is 53.0 Å². The molecule has 5 heteroatoms. The molecule has 0 radical (unpaired) electrons. The number of aliphatic hydroxyl groups is 1. The molecule has 1 rings (SSSR count). The van der Waals surface area contributed by atoms with Crippen molar-refractivity contribution >= 4 is 5.97 Å². The molecular weight excluding hydrogens is 196 g/mol. The maximum absolute atomic E-state index is 10.6. The van der Waals surface area contributed by atoms with Gasteiger partial charge in [0.2, 0.25) is 0 Å². The van der Waals surface area contributed by atoms with Crippen LogP contribution >= 0.6 is 0 Å². The fourth-order valence-electron chi connectivity index (χ4n) is 1.73. The van der Waals surface area contributed by atoms with Gasteiger partial charge in [-0.05, 0) is 7.05 Å². The number of piperazine rings is 1. The average Bonchev–Trinajstić information content (AvgIpc) is 2.20. The summed E-state index contributed by atoms with van der Waals surface area (Å²) < 4.78 is 4.88. The molecule has 1 N–H and O–H groups in total. The van der Waals surface area contributed by atoms with Crippen LogP contribution in [0.3, 0.4) is 0 Å². The molecule has 1 fully saturated rings. The number of carbonyl (C=O) groups is 1. The number of aliphatic hydroxyl groups excluding tert-OH is 1. The molecule has 0 aromatic rings. The number of rotatable bonds is 4. The van der Waals surface area contributed by atoms with Crippen LogP contribution in [0, 0.1) is 0 Å². The van der Waals surface area contributed by atoms with Crippen molar-refractivity contribution in [1.82, 2.24) is 9.80 Å². The lowest BCUT2D eigenvalue weighted by Crippen LogP contribution is -2.53. The highest BCUT2D eigenvalue weighted by molar-refractivity contribution is 5.65. The van der Waals surface area contributed by atoms with Crippen molar-refractivity contribution < 1.29 is 14.6 Å². The molecule has 88 valence electrons. The maximum atomic E-state index is 10.6. The smallest absolute Gasteiger partial charge is 0.302 e. The molecule has 1 aliphatic rings. The molecule has 1 heterocycles. The lowest BCUT2D eigenvalue weighted by molar-refractivity contribution is -0.141. The zero-order valence-corrected chi connectivity index (χ0v) is 9.48. The Balaban J connectivity index is 2.23. The van der Waals surface area contributed by atoms with Gasteiger partial charge in [0.05, 0.1) is 6.61 Å². The predicted octanol–water partition coefficient (Wildman–Crippen LogP) is -0.842. The standard InChI is InChI=1S/C10H20N2O3/c1-9(14)15-6-5-12-4-3-11(2)10(7-12)8-13/h10,13H,3-8H2,1-2H3. The van der Waals surface area contributed by atoms with Gasteiger partial charge in [0, 0.05) is 39.1 Å². The Bertz CT molecular complexity index is 211. The van der Waals surface area contributed by atoms with Crippen molar-refractivity contribution in [1.29, 1.82) is 0 Å². The van der Waals surface area contributed by atoms with Crippen molar-refractivity contribution in [2.24, 2.45) is 0 Å². The highest BCUT2D eigenvalue weighted by atomic mass is 16.5. The molecule has 0 saturated carbocycles. The molecular formula is C10H20N2O3. The van der Waals surface area contributed by atoms with E-state index in [1.54, 1.807) is 0 Å². The normalized spacial score (nSPS) is 24.1. The molecule has 0 spiro atoms. The molecule has 0 bridgehead atoms. The van der Waals surface area contributed by atoms with E-state index in [0.29, 0.717) is 6.61 Å². The zero-order valence-electron chi connectivity index (χ0n) is 9.48. The molecule has 15 heavy (non-hydrogen) atoms. The first-order valence-electron chi connectivity index (χ1n) is 5.30. The van der Waals surface area contributed by atoms with E-state index >= 15 is 0 Å². The number of esters is 1. The van der Waals surface area contributed by atoms with E-state index in [9.17, 15) is 4.79 Å². The van der Waals surface area contributed by atoms with Gasteiger partial charge >= 0.3 is 5.97 Å². The second-order valence-electron chi connectivity index (χ2n) is 3.96. The van der Waals surface area contributed by atoms with Crippen molar-refractivity contribution in [3.63, 3.8) is 0 Å². The summed E-state index contributed by atoms with van der Waals surface area (Å²) in [6, 6.07) is 0.205. The van der Waals surface area contributed by atoms with Crippen LogP contribution in [-0.2, 0) is 9.53 Å². The molecule has 1 atom stereocenters. The minimum atomic E-state index is -0.233. The van der Waals surface area contributed by atoms with Gasteiger partial charge < -0.3 is 9.84 Å². The lowest BCUT2D eigenvalue weighted by Gasteiger charge is -2.38. The van der Waals surface area contributed by atoms with Crippen LogP contribution < -0.4 is 0 Å². The van der Waals surface area contributed by atoms with Crippen molar-refractivity contribution in [3.8, 4) is 0 Å². The maximum Gasteiger partial charge on any atom is 0.302 e. The van der Waals surface area contributed by atoms with Crippen molar-refractivity contribution in [3.05, 3.63) is 0 Å². The van der Waals surface area contributed by atoms with E-state index < -0.39 is 0 Å². The first kappa shape index (κ1) is 12.4. The van der Waals surface area contributed by atoms with E-state index in [-0.39, 0.29) is 18.6 Å². The number of ether oxygens (including phenoxy) is 1. The van der Waals surface area contributed by atoms with E-state index in [0.717, 1.165) is 26.2 Å². The summed E-state index contributed by atoms with van der Waals surface area (Å²) in [7, 11) is 2.02. The second kappa shape index (κ2) is 6.05. The summed E-state index contributed by atoms with van der Waals surface area (Å²) >= 11 is 0. The largest absolute Gasteiger partial charge is 0.465 e. The van der Waals surface area contributed by atoms with Gasteiger partial charge in [-0.3, -0.25) is 14.6 Å². The molecule has 0 aromatic carbocycles. The quantitative estimate of drug-likeness (QED) is 0.621. The third kappa shape index (κ3) is 4.15. The van der Waals surface area contributed by atoms with Crippen LogP contribution in [0.25, 0.3) is 0 Å². The SMILES string of the molecule is CC(=O)OCCN1CCN(C)C(CO)C1. The fourth-order valence-corrected chi connectivity index (χ4v) is 1.73. The van der Waals surface area contributed by atoms with E-state index in [2.05, 4.69) is 9.80 Å². The first-order chi connectivity index (χ1) is 7.13. The summed E-state index contributed by atoms with van der Waals surface area (Å²) in [6.07, 6.45) is 0. The molecule has 0 aromatic heterocycles. The Morgan fingerprint density at radius 3 is 2.87 bits per heavy atom. The number of hydrogen-bond donors (Lipinski definition) is 1. The van der Waals surface area contributed by atoms with E-state index in [1.807, 2.05) is 7.05 Å². The van der Waals surface area contributed by atoms with E-state index in [1.165, 1.54) is 6.92 Å². The Kier molecular flexibility index (Phi) is 5.01. The Hall–Kier alpha value is -0.650. The average molecular weight is 216 g/mol.